The lowest BCUT2D eigenvalue weighted by atomic mass is 10.2. The summed E-state index contributed by atoms with van der Waals surface area (Å²) >= 11 is 0. The first-order valence-electron chi connectivity index (χ1n) is 4.60. The number of pyridine rings is 1. The molecule has 6 heteroatoms. The zero-order valence-electron chi connectivity index (χ0n) is 8.60. The van der Waals surface area contributed by atoms with Crippen molar-refractivity contribution in [2.24, 2.45) is 5.73 Å². The molecule has 0 aliphatic heterocycles. The number of hydrogen-bond acceptors (Lipinski definition) is 2. The van der Waals surface area contributed by atoms with Crippen LogP contribution in [0.1, 0.15) is 23.2 Å². The largest absolute Gasteiger partial charge is 1.00 e. The van der Waals surface area contributed by atoms with Gasteiger partial charge in [-0.25, -0.2) is 4.57 Å². The highest BCUT2D eigenvalue weighted by atomic mass is 35.5. The second-order valence-electron chi connectivity index (χ2n) is 3.19. The first-order valence-corrected chi connectivity index (χ1v) is 4.60. The number of hydrogen-bond donors (Lipinski definition) is 2. The minimum Gasteiger partial charge on any atom is -1.00 e. The number of carbonyl (C=O) groups is 2. The van der Waals surface area contributed by atoms with Crippen LogP contribution in [0.5, 0.6) is 0 Å². The lowest BCUT2D eigenvalue weighted by molar-refractivity contribution is -0.697. The minimum absolute atomic E-state index is 0. The summed E-state index contributed by atoms with van der Waals surface area (Å²) in [5, 5.41) is 8.45. The summed E-state index contributed by atoms with van der Waals surface area (Å²) in [6.45, 7) is 0.563. The monoisotopic (exact) mass is 244 g/mol. The highest BCUT2D eigenvalue weighted by molar-refractivity contribution is 5.92. The average Bonchev–Trinajstić information content (AvgIpc) is 2.17. The van der Waals surface area contributed by atoms with Gasteiger partial charge in [0.2, 0.25) is 0 Å². The van der Waals surface area contributed by atoms with Crippen molar-refractivity contribution in [3.8, 4) is 0 Å². The number of nitrogens with zero attached hydrogens (tertiary/aromatic N) is 1. The quantitative estimate of drug-likeness (QED) is 0.540. The lowest BCUT2D eigenvalue weighted by Crippen LogP contribution is -3.00. The minimum atomic E-state index is -0.818. The van der Waals surface area contributed by atoms with Gasteiger partial charge in [-0.2, -0.15) is 0 Å². The van der Waals surface area contributed by atoms with Crippen molar-refractivity contribution in [3.63, 3.8) is 0 Å². The molecule has 16 heavy (non-hydrogen) atoms. The van der Waals surface area contributed by atoms with Gasteiger partial charge in [-0.05, 0) is 6.07 Å². The molecule has 0 aliphatic carbocycles. The molecule has 1 aromatic rings. The molecule has 0 saturated carbocycles. The van der Waals surface area contributed by atoms with E-state index in [2.05, 4.69) is 0 Å². The van der Waals surface area contributed by atoms with Crippen molar-refractivity contribution < 1.29 is 31.7 Å². The maximum absolute atomic E-state index is 10.8. The molecular weight excluding hydrogens is 232 g/mol. The zero-order chi connectivity index (χ0) is 11.3. The van der Waals surface area contributed by atoms with Gasteiger partial charge < -0.3 is 23.2 Å². The Morgan fingerprint density at radius 3 is 2.69 bits per heavy atom. The molecule has 1 aromatic heterocycles. The van der Waals surface area contributed by atoms with Crippen LogP contribution in [0.25, 0.3) is 0 Å². The number of carbonyl (C=O) groups excluding carboxylic acids is 1. The molecule has 0 aromatic carbocycles. The number of aryl methyl sites for hydroxylation is 1. The molecule has 1 rings (SSSR count). The van der Waals surface area contributed by atoms with E-state index in [9.17, 15) is 9.59 Å². The molecule has 0 bridgehead atoms. The summed E-state index contributed by atoms with van der Waals surface area (Å²) in [7, 11) is 0. The number of nitrogens with two attached hydrogens (primary N) is 1. The molecular formula is C10H13ClN2O3. The second kappa shape index (κ2) is 6.79. The molecule has 0 aliphatic rings. The van der Waals surface area contributed by atoms with Gasteiger partial charge in [-0.3, -0.25) is 9.59 Å². The zero-order valence-corrected chi connectivity index (χ0v) is 9.35. The normalized spacial score (nSPS) is 9.25. The SMILES string of the molecule is NC(=O)c1ccc[n+](CCCC(=O)O)c1.[Cl-]. The molecule has 0 fully saturated rings. The molecule has 0 spiro atoms. The van der Waals surface area contributed by atoms with Crippen LogP contribution < -0.4 is 22.7 Å². The number of carboxylic acid groups (broad SMARTS) is 1. The number of aromatic nitrogens is 1. The van der Waals surface area contributed by atoms with Crippen molar-refractivity contribution in [3.05, 3.63) is 30.1 Å². The maximum atomic E-state index is 10.8. The van der Waals surface area contributed by atoms with Crippen LogP contribution in [0, 0.1) is 0 Å². The molecule has 0 saturated heterocycles. The maximum Gasteiger partial charge on any atom is 0.303 e. The summed E-state index contributed by atoms with van der Waals surface area (Å²) in [6, 6.07) is 3.33. The Kier molecular flexibility index (Phi) is 6.10. The summed E-state index contributed by atoms with van der Waals surface area (Å²) in [4.78, 5) is 21.1. The Morgan fingerprint density at radius 2 is 2.12 bits per heavy atom. The third-order valence-corrected chi connectivity index (χ3v) is 1.95. The van der Waals surface area contributed by atoms with E-state index in [1.54, 1.807) is 29.1 Å². The lowest BCUT2D eigenvalue weighted by Gasteiger charge is -1.97. The van der Waals surface area contributed by atoms with E-state index in [-0.39, 0.29) is 18.8 Å². The molecule has 5 nitrogen and oxygen atoms in total. The fourth-order valence-electron chi connectivity index (χ4n) is 1.22. The molecule has 88 valence electrons. The number of halogens is 1. The van der Waals surface area contributed by atoms with Crippen LogP contribution in [-0.2, 0) is 11.3 Å². The molecule has 0 radical (unpaired) electrons. The van der Waals surface area contributed by atoms with Gasteiger partial charge in [0.1, 0.15) is 12.1 Å². The van der Waals surface area contributed by atoms with E-state index in [4.69, 9.17) is 10.8 Å². The Morgan fingerprint density at radius 1 is 1.44 bits per heavy atom. The Balaban J connectivity index is 0.00000225. The first kappa shape index (κ1) is 14.4. The molecule has 3 N–H and O–H groups in total. The van der Waals surface area contributed by atoms with Crippen LogP contribution >= 0.6 is 0 Å². The van der Waals surface area contributed by atoms with Gasteiger partial charge in [0.05, 0.1) is 6.42 Å². The van der Waals surface area contributed by atoms with Crippen molar-refractivity contribution in [2.45, 2.75) is 19.4 Å². The van der Waals surface area contributed by atoms with Crippen LogP contribution in [0.4, 0.5) is 0 Å². The van der Waals surface area contributed by atoms with E-state index in [0.717, 1.165) is 0 Å². The van der Waals surface area contributed by atoms with E-state index in [1.807, 2.05) is 0 Å². The van der Waals surface area contributed by atoms with E-state index >= 15 is 0 Å². The second-order valence-corrected chi connectivity index (χ2v) is 3.19. The number of primary amides is 1. The Hall–Kier alpha value is -1.62. The van der Waals surface area contributed by atoms with Crippen LogP contribution in [0.2, 0.25) is 0 Å². The highest BCUT2D eigenvalue weighted by Gasteiger charge is 2.07. The fourth-order valence-corrected chi connectivity index (χ4v) is 1.22. The summed E-state index contributed by atoms with van der Waals surface area (Å²) in [5.41, 5.74) is 5.54. The van der Waals surface area contributed by atoms with Crippen LogP contribution in [-0.4, -0.2) is 17.0 Å². The summed E-state index contributed by atoms with van der Waals surface area (Å²) in [6.07, 6.45) is 4.04. The number of rotatable bonds is 5. The van der Waals surface area contributed by atoms with Crippen molar-refractivity contribution in [1.82, 2.24) is 0 Å². The third kappa shape index (κ3) is 4.75. The molecule has 0 atom stereocenters. The Bertz CT molecular complexity index is 382. The Labute approximate surface area is 99.3 Å². The van der Waals surface area contributed by atoms with Crippen molar-refractivity contribution >= 4 is 11.9 Å². The van der Waals surface area contributed by atoms with E-state index < -0.39 is 11.9 Å². The predicted octanol–water partition coefficient (Wildman–Crippen LogP) is -3.06. The van der Waals surface area contributed by atoms with Gasteiger partial charge in [0.25, 0.3) is 5.91 Å². The van der Waals surface area contributed by atoms with Crippen molar-refractivity contribution in [2.75, 3.05) is 0 Å². The summed E-state index contributed by atoms with van der Waals surface area (Å²) < 4.78 is 1.75. The van der Waals surface area contributed by atoms with E-state index in [0.29, 0.717) is 18.5 Å². The van der Waals surface area contributed by atoms with Gasteiger partial charge in [0.15, 0.2) is 12.4 Å². The molecule has 0 unspecified atom stereocenters. The smallest absolute Gasteiger partial charge is 0.303 e. The van der Waals surface area contributed by atoms with Crippen molar-refractivity contribution in [1.29, 1.82) is 0 Å². The van der Waals surface area contributed by atoms with Crippen LogP contribution in [0.3, 0.4) is 0 Å². The fraction of sp³-hybridized carbons (Fsp3) is 0.300. The number of carboxylic acids is 1. The molecule has 1 amide bonds. The summed E-state index contributed by atoms with van der Waals surface area (Å²) in [5.74, 6) is -1.30. The van der Waals surface area contributed by atoms with Gasteiger partial charge in [-0.1, -0.05) is 0 Å². The number of aliphatic carboxylic acids is 1. The van der Waals surface area contributed by atoms with Crippen LogP contribution in [0.15, 0.2) is 24.5 Å². The predicted molar refractivity (Wildman–Crippen MR) is 52.0 cm³/mol. The van der Waals surface area contributed by atoms with E-state index in [1.165, 1.54) is 0 Å². The third-order valence-electron chi connectivity index (χ3n) is 1.95. The standard InChI is InChI=1S/C10H12N2O3.ClH/c11-10(15)8-3-1-5-12(7-8)6-2-4-9(13)14;/h1,3,5,7H,2,4,6H2,(H2-,11,13,14,15);1H. The van der Waals surface area contributed by atoms with Gasteiger partial charge in [0, 0.05) is 12.5 Å². The average molecular weight is 245 g/mol. The van der Waals surface area contributed by atoms with Gasteiger partial charge in [-0.15, -0.1) is 0 Å². The highest BCUT2D eigenvalue weighted by Crippen LogP contribution is 1.94. The topological polar surface area (TPSA) is 84.3 Å². The van der Waals surface area contributed by atoms with Gasteiger partial charge >= 0.3 is 5.97 Å². The first-order chi connectivity index (χ1) is 7.09. The number of amides is 1. The molecule has 1 heterocycles.